The van der Waals surface area contributed by atoms with E-state index in [0.717, 1.165) is 0 Å². The van der Waals surface area contributed by atoms with Gasteiger partial charge in [0.2, 0.25) is 5.91 Å². The Labute approximate surface area is 395 Å². The van der Waals surface area contributed by atoms with Crippen LogP contribution in [0.3, 0.4) is 0 Å². The van der Waals surface area contributed by atoms with Gasteiger partial charge in [0.1, 0.15) is 45.6 Å². The second-order valence-electron chi connectivity index (χ2n) is 13.6. The monoisotopic (exact) mass is 966 g/mol. The number of aromatic nitrogens is 5. The number of nitrogens with two attached hydrogens (primary N) is 1. The second kappa shape index (κ2) is 20.1. The number of hydrogen-bond acceptors (Lipinski definition) is 13. The highest BCUT2D eigenvalue weighted by Gasteiger charge is 2.25. The van der Waals surface area contributed by atoms with E-state index in [1.165, 1.54) is 83.7 Å². The highest BCUT2D eigenvalue weighted by Crippen LogP contribution is 2.49. The third-order valence-corrected chi connectivity index (χ3v) is 11.3. The normalized spacial score (nSPS) is 10.7. The fraction of sp³-hybridized carbons (Fsp3) is 0.0870. The van der Waals surface area contributed by atoms with Gasteiger partial charge >= 0.3 is 0 Å². The molecule has 0 aliphatic rings. The van der Waals surface area contributed by atoms with E-state index in [1.807, 2.05) is 0 Å². The van der Waals surface area contributed by atoms with Crippen LogP contribution in [0, 0.1) is 0 Å². The fourth-order valence-electron chi connectivity index (χ4n) is 6.67. The first-order chi connectivity index (χ1) is 31.8. The van der Waals surface area contributed by atoms with Crippen LogP contribution in [-0.4, -0.2) is 76.2 Å². The molecule has 0 saturated carbocycles. The van der Waals surface area contributed by atoms with Gasteiger partial charge in [0.15, 0.2) is 0 Å². The molecule has 66 heavy (non-hydrogen) atoms. The SMILES string of the molecule is COc1cc(OC)c(Cl)c(-c2ccc(C(=O)Nc3ccc(C(N)=O)cn3)c3nccnc23)c1Cl.COc1cc(OC)c(Cl)c(-c2ccc(C(=O)Nc3ccc(O)cc3)c3nccnc23)c1Cl. The quantitative estimate of drug-likeness (QED) is 0.0887. The number of rotatable bonds is 11. The predicted molar refractivity (Wildman–Crippen MR) is 253 cm³/mol. The van der Waals surface area contributed by atoms with E-state index >= 15 is 0 Å². The molecule has 0 atom stereocenters. The van der Waals surface area contributed by atoms with E-state index in [0.29, 0.717) is 78.6 Å². The van der Waals surface area contributed by atoms with Crippen molar-refractivity contribution < 1.29 is 38.4 Å². The van der Waals surface area contributed by atoms with Gasteiger partial charge in [-0.2, -0.15) is 0 Å². The Kier molecular flexibility index (Phi) is 14.2. The maximum atomic E-state index is 13.0. The van der Waals surface area contributed by atoms with E-state index in [-0.39, 0.29) is 48.7 Å². The standard InChI is InChI=1S/C23H17Cl2N5O4.C23H17Cl2N3O4/c1-33-14-9-15(34-2)19(25)17(18(14)24)12-4-5-13(21-20(12)27-7-8-28-21)23(32)30-16-6-3-11(10-29-16)22(26)31;1-31-16-11-17(32-2)20(25)18(19(16)24)14-7-8-15(22-21(14)26-9-10-27-22)23(30)28-12-3-5-13(29)6-4-12/h3-10H,1-2H3,(H2,26,31)(H,29,30,32);3-11,29H,1-2H3,(H,28,30). The molecule has 0 aliphatic heterocycles. The third-order valence-electron chi connectivity index (χ3n) is 9.84. The van der Waals surface area contributed by atoms with Crippen LogP contribution in [0.25, 0.3) is 44.3 Å². The molecule has 16 nitrogen and oxygen atoms in total. The number of carbonyl (C=O) groups excluding carboxylic acids is 3. The van der Waals surface area contributed by atoms with Crippen LogP contribution in [0.4, 0.5) is 11.5 Å². The number of carbonyl (C=O) groups is 3. The van der Waals surface area contributed by atoms with Crippen molar-refractivity contribution in [1.29, 1.82) is 0 Å². The average Bonchev–Trinajstić information content (AvgIpc) is 3.33. The highest BCUT2D eigenvalue weighted by molar-refractivity contribution is 6.42. The van der Waals surface area contributed by atoms with E-state index in [9.17, 15) is 19.5 Å². The molecule has 334 valence electrons. The van der Waals surface area contributed by atoms with Gasteiger partial charge in [-0.25, -0.2) is 4.98 Å². The number of fused-ring (bicyclic) bond motifs is 2. The molecule has 3 heterocycles. The number of aromatic hydroxyl groups is 1. The lowest BCUT2D eigenvalue weighted by molar-refractivity contribution is 0.0996. The smallest absolute Gasteiger partial charge is 0.259 e. The lowest BCUT2D eigenvalue weighted by Gasteiger charge is -2.16. The van der Waals surface area contributed by atoms with Crippen molar-refractivity contribution in [3.05, 3.63) is 141 Å². The van der Waals surface area contributed by atoms with Crippen LogP contribution >= 0.6 is 46.4 Å². The van der Waals surface area contributed by atoms with Gasteiger partial charge in [-0.3, -0.25) is 34.3 Å². The zero-order chi connectivity index (χ0) is 47.2. The summed E-state index contributed by atoms with van der Waals surface area (Å²) in [4.78, 5) is 58.9. The molecule has 3 amide bonds. The maximum absolute atomic E-state index is 13.0. The van der Waals surface area contributed by atoms with Crippen LogP contribution in [0.15, 0.2) is 104 Å². The minimum Gasteiger partial charge on any atom is -0.508 e. The van der Waals surface area contributed by atoms with Crippen LogP contribution in [0.1, 0.15) is 31.1 Å². The number of amides is 3. The van der Waals surface area contributed by atoms with Crippen LogP contribution < -0.4 is 35.3 Å². The van der Waals surface area contributed by atoms with E-state index < -0.39 is 11.8 Å². The Balaban J connectivity index is 0.000000197. The van der Waals surface area contributed by atoms with Gasteiger partial charge in [0.25, 0.3) is 11.8 Å². The van der Waals surface area contributed by atoms with E-state index in [2.05, 4.69) is 35.6 Å². The zero-order valence-corrected chi connectivity index (χ0v) is 38.0. The number of methoxy groups -OCH3 is 4. The van der Waals surface area contributed by atoms with Crippen molar-refractivity contribution in [2.45, 2.75) is 0 Å². The van der Waals surface area contributed by atoms with Crippen molar-refractivity contribution in [1.82, 2.24) is 24.9 Å². The molecular formula is C46H34Cl4N8O8. The van der Waals surface area contributed by atoms with Crippen molar-refractivity contribution in [2.24, 2.45) is 5.73 Å². The molecule has 8 rings (SSSR count). The summed E-state index contributed by atoms with van der Waals surface area (Å²) in [5.41, 5.74) is 10.0. The van der Waals surface area contributed by atoms with Crippen LogP contribution in [-0.2, 0) is 0 Å². The number of benzene rings is 5. The molecule has 0 bridgehead atoms. The summed E-state index contributed by atoms with van der Waals surface area (Å²) in [7, 11) is 5.95. The van der Waals surface area contributed by atoms with Crippen LogP contribution in [0.5, 0.6) is 28.7 Å². The number of primary amides is 1. The van der Waals surface area contributed by atoms with Gasteiger partial charge in [0, 0.05) is 71.1 Å². The summed E-state index contributed by atoms with van der Waals surface area (Å²) in [5.74, 6) is 0.359. The first kappa shape index (κ1) is 46.5. The number of halogens is 4. The zero-order valence-electron chi connectivity index (χ0n) is 34.9. The highest BCUT2D eigenvalue weighted by atomic mass is 35.5. The topological polar surface area (TPSA) is 223 Å². The number of phenols is 1. The lowest BCUT2D eigenvalue weighted by atomic mass is 9.99. The number of nitrogens with zero attached hydrogens (tertiary/aromatic N) is 5. The minimum absolute atomic E-state index is 0.103. The number of phenolic OH excluding ortho intramolecular Hbond substituents is 1. The molecule has 3 aromatic heterocycles. The number of anilines is 2. The van der Waals surface area contributed by atoms with Gasteiger partial charge in [-0.1, -0.05) is 58.5 Å². The summed E-state index contributed by atoms with van der Waals surface area (Å²) >= 11 is 26.4. The number of nitrogens with one attached hydrogen (secondary N) is 2. The Morgan fingerprint density at radius 3 is 1.32 bits per heavy atom. The van der Waals surface area contributed by atoms with Crippen molar-refractivity contribution in [2.75, 3.05) is 39.1 Å². The summed E-state index contributed by atoms with van der Waals surface area (Å²) in [6.45, 7) is 0. The molecule has 8 aromatic rings. The molecule has 0 radical (unpaired) electrons. The fourth-order valence-corrected chi connectivity index (χ4v) is 8.08. The predicted octanol–water partition coefficient (Wildman–Crippen LogP) is 9.95. The third kappa shape index (κ3) is 9.34. The molecular weight excluding hydrogens is 934 g/mol. The largest absolute Gasteiger partial charge is 0.508 e. The molecule has 20 heteroatoms. The molecule has 0 aliphatic carbocycles. The molecule has 0 saturated heterocycles. The lowest BCUT2D eigenvalue weighted by Crippen LogP contribution is -2.15. The summed E-state index contributed by atoms with van der Waals surface area (Å²) in [5, 5.41) is 16.0. The Hall–Kier alpha value is -7.50. The van der Waals surface area contributed by atoms with Crippen LogP contribution in [0.2, 0.25) is 20.1 Å². The first-order valence-corrected chi connectivity index (χ1v) is 20.7. The van der Waals surface area contributed by atoms with Gasteiger partial charge < -0.3 is 40.4 Å². The van der Waals surface area contributed by atoms with E-state index in [4.69, 9.17) is 71.1 Å². The Bertz CT molecular complexity index is 3120. The first-order valence-electron chi connectivity index (χ1n) is 19.2. The maximum Gasteiger partial charge on any atom is 0.259 e. The molecule has 5 N–H and O–H groups in total. The average molecular weight is 969 g/mol. The van der Waals surface area contributed by atoms with Crippen molar-refractivity contribution >= 4 is 97.7 Å². The Morgan fingerprint density at radius 1 is 0.530 bits per heavy atom. The molecule has 5 aromatic carbocycles. The van der Waals surface area contributed by atoms with Gasteiger partial charge in [0.05, 0.1) is 76.3 Å². The second-order valence-corrected chi connectivity index (χ2v) is 15.2. The molecule has 0 unspecified atom stereocenters. The molecule has 0 fully saturated rings. The summed E-state index contributed by atoms with van der Waals surface area (Å²) in [6.07, 6.45) is 7.26. The van der Waals surface area contributed by atoms with Gasteiger partial charge in [-0.15, -0.1) is 0 Å². The van der Waals surface area contributed by atoms with Gasteiger partial charge in [-0.05, 0) is 48.5 Å². The van der Waals surface area contributed by atoms with Crippen molar-refractivity contribution in [3.8, 4) is 51.0 Å². The number of ether oxygens (including phenoxy) is 4. The van der Waals surface area contributed by atoms with E-state index in [1.54, 1.807) is 48.5 Å². The Morgan fingerprint density at radius 2 is 0.939 bits per heavy atom. The number of hydrogen-bond donors (Lipinski definition) is 4. The number of pyridine rings is 1. The summed E-state index contributed by atoms with van der Waals surface area (Å²) < 4.78 is 21.5. The summed E-state index contributed by atoms with van der Waals surface area (Å²) in [6, 6.07) is 18.9. The molecule has 0 spiro atoms. The van der Waals surface area contributed by atoms with Crippen molar-refractivity contribution in [3.63, 3.8) is 0 Å². The minimum atomic E-state index is -0.617.